The molecule has 8 nitrogen and oxygen atoms in total. The first-order valence-corrected chi connectivity index (χ1v) is 9.20. The van der Waals surface area contributed by atoms with Crippen LogP contribution in [0.4, 0.5) is 10.6 Å². The van der Waals surface area contributed by atoms with Crippen molar-refractivity contribution in [2.24, 2.45) is 5.92 Å². The number of pyridine rings is 1. The number of imidazole rings is 1. The molecule has 0 radical (unpaired) electrons. The first kappa shape index (κ1) is 17.3. The van der Waals surface area contributed by atoms with E-state index in [2.05, 4.69) is 25.0 Å². The highest BCUT2D eigenvalue weighted by Crippen LogP contribution is 2.19. The fraction of sp³-hybridized carbons (Fsp3) is 0.368. The Kier molecular flexibility index (Phi) is 5.13. The van der Waals surface area contributed by atoms with Gasteiger partial charge in [-0.15, -0.1) is 0 Å². The Morgan fingerprint density at radius 2 is 2.19 bits per heavy atom. The lowest BCUT2D eigenvalue weighted by molar-refractivity contribution is 0.170. The number of amides is 2. The Balaban J connectivity index is 1.37. The van der Waals surface area contributed by atoms with Crippen LogP contribution >= 0.6 is 0 Å². The van der Waals surface area contributed by atoms with Gasteiger partial charge in [-0.3, -0.25) is 10.3 Å². The summed E-state index contributed by atoms with van der Waals surface area (Å²) in [6, 6.07) is 5.64. The fourth-order valence-corrected chi connectivity index (χ4v) is 3.51. The summed E-state index contributed by atoms with van der Waals surface area (Å²) in [7, 11) is 0. The smallest absolute Gasteiger partial charge is 0.323 e. The minimum absolute atomic E-state index is 0.0710. The molecule has 0 spiro atoms. The van der Waals surface area contributed by atoms with Crippen molar-refractivity contribution in [3.8, 4) is 0 Å². The standard InChI is InChI=1S/C19H23N7O/c27-19(25-9-2-4-17(13-25)12-24-10-8-21-15-24)23-18-5-7-22-26(18)14-16-3-1-6-20-11-16/h1,3,5-8,10-11,15,17H,2,4,9,12-14H2,(H,23,27)/t17-/m1/s1. The van der Waals surface area contributed by atoms with Crippen molar-refractivity contribution in [3.05, 3.63) is 61.1 Å². The maximum absolute atomic E-state index is 12.8. The van der Waals surface area contributed by atoms with Crippen molar-refractivity contribution in [3.63, 3.8) is 0 Å². The zero-order valence-corrected chi connectivity index (χ0v) is 15.1. The predicted molar refractivity (Wildman–Crippen MR) is 101 cm³/mol. The van der Waals surface area contributed by atoms with E-state index in [1.165, 1.54) is 0 Å². The van der Waals surface area contributed by atoms with Crippen LogP contribution in [0.2, 0.25) is 0 Å². The molecule has 2 amide bonds. The first-order valence-electron chi connectivity index (χ1n) is 9.20. The summed E-state index contributed by atoms with van der Waals surface area (Å²) in [4.78, 5) is 22.9. The second kappa shape index (κ2) is 8.03. The molecule has 3 aromatic heterocycles. The van der Waals surface area contributed by atoms with Crippen LogP contribution in [0, 0.1) is 5.92 Å². The summed E-state index contributed by atoms with van der Waals surface area (Å²) >= 11 is 0. The number of piperidine rings is 1. The van der Waals surface area contributed by atoms with Crippen LogP contribution < -0.4 is 5.32 Å². The summed E-state index contributed by atoms with van der Waals surface area (Å²) in [5.41, 5.74) is 1.04. The number of nitrogens with zero attached hydrogens (tertiary/aromatic N) is 6. The molecule has 1 aliphatic heterocycles. The maximum atomic E-state index is 12.8. The van der Waals surface area contributed by atoms with Gasteiger partial charge in [-0.1, -0.05) is 6.07 Å². The molecule has 0 aromatic carbocycles. The monoisotopic (exact) mass is 365 g/mol. The lowest BCUT2D eigenvalue weighted by Crippen LogP contribution is -2.43. The third kappa shape index (κ3) is 4.33. The highest BCUT2D eigenvalue weighted by molar-refractivity contribution is 5.88. The second-order valence-corrected chi connectivity index (χ2v) is 6.88. The average Bonchev–Trinajstić information content (AvgIpc) is 3.35. The predicted octanol–water partition coefficient (Wildman–Crippen LogP) is 2.47. The van der Waals surface area contributed by atoms with E-state index in [4.69, 9.17) is 0 Å². The summed E-state index contributed by atoms with van der Waals surface area (Å²) in [6.45, 7) is 2.99. The van der Waals surface area contributed by atoms with Gasteiger partial charge in [0.25, 0.3) is 0 Å². The molecule has 0 aliphatic carbocycles. The highest BCUT2D eigenvalue weighted by Gasteiger charge is 2.24. The fourth-order valence-electron chi connectivity index (χ4n) is 3.51. The Morgan fingerprint density at radius 1 is 1.22 bits per heavy atom. The van der Waals surface area contributed by atoms with E-state index in [0.717, 1.165) is 38.0 Å². The van der Waals surface area contributed by atoms with Gasteiger partial charge < -0.3 is 9.47 Å². The Morgan fingerprint density at radius 3 is 3.00 bits per heavy atom. The van der Waals surface area contributed by atoms with E-state index in [1.54, 1.807) is 29.5 Å². The zero-order valence-electron chi connectivity index (χ0n) is 15.1. The lowest BCUT2D eigenvalue weighted by Gasteiger charge is -2.32. The van der Waals surface area contributed by atoms with Crippen molar-refractivity contribution in [2.75, 3.05) is 18.4 Å². The van der Waals surface area contributed by atoms with Crippen molar-refractivity contribution < 1.29 is 4.79 Å². The van der Waals surface area contributed by atoms with Gasteiger partial charge in [0.05, 0.1) is 19.1 Å². The number of carbonyl (C=O) groups is 1. The van der Waals surface area contributed by atoms with Gasteiger partial charge in [0.15, 0.2) is 0 Å². The summed E-state index contributed by atoms with van der Waals surface area (Å²) in [5, 5.41) is 7.33. The number of rotatable bonds is 5. The van der Waals surface area contributed by atoms with Crippen molar-refractivity contribution in [1.29, 1.82) is 0 Å². The third-order valence-corrected chi connectivity index (χ3v) is 4.84. The number of urea groups is 1. The van der Waals surface area contributed by atoms with E-state index in [-0.39, 0.29) is 6.03 Å². The maximum Gasteiger partial charge on any atom is 0.323 e. The molecule has 4 rings (SSSR count). The minimum Gasteiger partial charge on any atom is -0.337 e. The molecule has 1 saturated heterocycles. The molecule has 27 heavy (non-hydrogen) atoms. The molecular formula is C19H23N7O. The average molecular weight is 365 g/mol. The molecule has 0 bridgehead atoms. The molecular weight excluding hydrogens is 342 g/mol. The number of carbonyl (C=O) groups excluding carboxylic acids is 1. The molecule has 3 aromatic rings. The van der Waals surface area contributed by atoms with Crippen LogP contribution in [-0.4, -0.2) is 48.3 Å². The van der Waals surface area contributed by atoms with Gasteiger partial charge in [-0.05, 0) is 30.4 Å². The topological polar surface area (TPSA) is 80.9 Å². The van der Waals surface area contributed by atoms with Crippen molar-refractivity contribution in [1.82, 2.24) is 29.2 Å². The van der Waals surface area contributed by atoms with E-state index in [0.29, 0.717) is 18.3 Å². The molecule has 4 heterocycles. The SMILES string of the molecule is O=C(Nc1ccnn1Cc1cccnc1)N1CCC[C@H](Cn2ccnc2)C1. The Bertz CT molecular complexity index is 859. The Hall–Kier alpha value is -3.16. The van der Waals surface area contributed by atoms with E-state index >= 15 is 0 Å². The van der Waals surface area contributed by atoms with Crippen LogP contribution in [0.5, 0.6) is 0 Å². The van der Waals surface area contributed by atoms with Crippen LogP contribution in [0.15, 0.2) is 55.5 Å². The number of aromatic nitrogens is 5. The van der Waals surface area contributed by atoms with Gasteiger partial charge in [0, 0.05) is 50.5 Å². The molecule has 0 unspecified atom stereocenters. The second-order valence-electron chi connectivity index (χ2n) is 6.88. The number of nitrogens with one attached hydrogen (secondary N) is 1. The quantitative estimate of drug-likeness (QED) is 0.753. The number of likely N-dealkylation sites (tertiary alicyclic amines) is 1. The van der Waals surface area contributed by atoms with Crippen molar-refractivity contribution in [2.45, 2.75) is 25.9 Å². The summed E-state index contributed by atoms with van der Waals surface area (Å²) in [6.07, 6.45) is 13.0. The van der Waals surface area contributed by atoms with Crippen LogP contribution in [-0.2, 0) is 13.1 Å². The van der Waals surface area contributed by atoms with E-state index in [1.807, 2.05) is 35.6 Å². The number of hydrogen-bond acceptors (Lipinski definition) is 4. The van der Waals surface area contributed by atoms with E-state index < -0.39 is 0 Å². The number of hydrogen-bond donors (Lipinski definition) is 1. The highest BCUT2D eigenvalue weighted by atomic mass is 16.2. The molecule has 1 fully saturated rings. The largest absolute Gasteiger partial charge is 0.337 e. The lowest BCUT2D eigenvalue weighted by atomic mass is 9.98. The molecule has 1 N–H and O–H groups in total. The van der Waals surface area contributed by atoms with Crippen molar-refractivity contribution >= 4 is 11.8 Å². The van der Waals surface area contributed by atoms with Gasteiger partial charge >= 0.3 is 6.03 Å². The molecule has 1 aliphatic rings. The molecule has 140 valence electrons. The molecule has 8 heteroatoms. The van der Waals surface area contributed by atoms with Crippen LogP contribution in [0.3, 0.4) is 0 Å². The summed E-state index contributed by atoms with van der Waals surface area (Å²) < 4.78 is 3.86. The summed E-state index contributed by atoms with van der Waals surface area (Å²) in [5.74, 6) is 1.14. The molecule has 1 atom stereocenters. The first-order chi connectivity index (χ1) is 13.3. The third-order valence-electron chi connectivity index (χ3n) is 4.84. The van der Waals surface area contributed by atoms with Gasteiger partial charge in [-0.2, -0.15) is 5.10 Å². The molecule has 0 saturated carbocycles. The van der Waals surface area contributed by atoms with Gasteiger partial charge in [0.2, 0.25) is 0 Å². The van der Waals surface area contributed by atoms with Crippen LogP contribution in [0.25, 0.3) is 0 Å². The van der Waals surface area contributed by atoms with Gasteiger partial charge in [-0.25, -0.2) is 14.5 Å². The number of anilines is 1. The minimum atomic E-state index is -0.0710. The van der Waals surface area contributed by atoms with Gasteiger partial charge in [0.1, 0.15) is 5.82 Å². The van der Waals surface area contributed by atoms with Crippen LogP contribution in [0.1, 0.15) is 18.4 Å². The van der Waals surface area contributed by atoms with E-state index in [9.17, 15) is 4.79 Å². The normalized spacial score (nSPS) is 17.0. The zero-order chi connectivity index (χ0) is 18.5. The Labute approximate surface area is 157 Å².